The molecule has 1 spiro atoms. The number of nitriles is 1. The Hall–Kier alpha value is -3.25. The summed E-state index contributed by atoms with van der Waals surface area (Å²) in [5, 5.41) is 9.41. The number of anilines is 3. The molecule has 186 valence electrons. The lowest BCUT2D eigenvalue weighted by molar-refractivity contribution is -0.158. The second-order valence-electron chi connectivity index (χ2n) is 11.5. The van der Waals surface area contributed by atoms with Crippen molar-refractivity contribution in [3.63, 3.8) is 0 Å². The number of nitrogens with zero attached hydrogens (tertiary/aromatic N) is 7. The third kappa shape index (κ3) is 2.97. The topological polar surface area (TPSA) is 98.5 Å². The summed E-state index contributed by atoms with van der Waals surface area (Å²) in [6.45, 7) is 7.26. The summed E-state index contributed by atoms with van der Waals surface area (Å²) >= 11 is 0. The first-order valence-corrected chi connectivity index (χ1v) is 13.1. The number of carbonyl (C=O) groups is 1. The van der Waals surface area contributed by atoms with E-state index in [4.69, 9.17) is 14.7 Å². The molecule has 1 amide bonds. The van der Waals surface area contributed by atoms with Crippen LogP contribution in [0, 0.1) is 17.2 Å². The molecule has 6 aliphatic rings. The van der Waals surface area contributed by atoms with Crippen LogP contribution in [0.1, 0.15) is 57.1 Å². The number of piperazine rings is 1. The molecule has 2 aromatic rings. The Labute approximate surface area is 211 Å². The molecule has 0 aromatic carbocycles. The zero-order valence-corrected chi connectivity index (χ0v) is 20.9. The lowest BCUT2D eigenvalue weighted by Gasteiger charge is -2.49. The Bertz CT molecular complexity index is 1270. The van der Waals surface area contributed by atoms with Gasteiger partial charge in [-0.2, -0.15) is 5.26 Å². The van der Waals surface area contributed by atoms with Crippen LogP contribution >= 0.6 is 0 Å². The molecule has 8 rings (SSSR count). The summed E-state index contributed by atoms with van der Waals surface area (Å²) in [4.78, 5) is 34.3. The monoisotopic (exact) mass is 485 g/mol. The van der Waals surface area contributed by atoms with Gasteiger partial charge < -0.3 is 19.4 Å². The van der Waals surface area contributed by atoms with Crippen molar-refractivity contribution in [1.82, 2.24) is 19.9 Å². The van der Waals surface area contributed by atoms with Gasteiger partial charge in [-0.1, -0.05) is 6.42 Å². The molecule has 6 heterocycles. The number of hydrogen-bond donors (Lipinski definition) is 0. The zero-order chi connectivity index (χ0) is 24.7. The number of hydrogen-bond acceptors (Lipinski definition) is 8. The van der Waals surface area contributed by atoms with E-state index in [-0.39, 0.29) is 23.4 Å². The number of fused-ring (bicyclic) bond motifs is 3. The van der Waals surface area contributed by atoms with Crippen LogP contribution in [0.3, 0.4) is 0 Å². The van der Waals surface area contributed by atoms with Crippen LogP contribution in [-0.2, 0) is 14.9 Å². The Kier molecular flexibility index (Phi) is 4.66. The molecule has 9 heteroatoms. The summed E-state index contributed by atoms with van der Waals surface area (Å²) in [6, 6.07) is 6.00. The van der Waals surface area contributed by atoms with E-state index in [0.717, 1.165) is 62.8 Å². The van der Waals surface area contributed by atoms with Crippen molar-refractivity contribution >= 4 is 23.4 Å². The maximum Gasteiger partial charge on any atom is 0.255 e. The first-order chi connectivity index (χ1) is 17.4. The van der Waals surface area contributed by atoms with Crippen LogP contribution in [0.4, 0.5) is 17.5 Å². The average molecular weight is 486 g/mol. The molecule has 0 unspecified atom stereocenters. The van der Waals surface area contributed by atoms with Gasteiger partial charge in [0.2, 0.25) is 0 Å². The lowest BCUT2D eigenvalue weighted by Crippen LogP contribution is -2.64. The van der Waals surface area contributed by atoms with Gasteiger partial charge in [-0.25, -0.2) is 15.0 Å². The van der Waals surface area contributed by atoms with Gasteiger partial charge in [0.25, 0.3) is 5.91 Å². The Balaban J connectivity index is 1.22. The standard InChI is InChI=1S/C27H31N7O2/c1-17-13-33(25(35)27-9-20(10-27)14-36-27)18(2)12-32(17)23-22-24(31-16-30-23)34(15-26(22)5-3-6-26)21-8-19(11-28)4-7-29-21/h4,7-8,16-18,20H,3,5-6,9-10,12-15H2,1-2H3/t17-,18+,20?,27?/m0/s1. The van der Waals surface area contributed by atoms with Gasteiger partial charge in [-0.15, -0.1) is 0 Å². The van der Waals surface area contributed by atoms with E-state index in [2.05, 4.69) is 34.7 Å². The van der Waals surface area contributed by atoms with Crippen molar-refractivity contribution in [2.45, 2.75) is 69.1 Å². The summed E-state index contributed by atoms with van der Waals surface area (Å²) in [5.74, 6) is 3.39. The van der Waals surface area contributed by atoms with E-state index < -0.39 is 5.60 Å². The molecule has 4 aliphatic heterocycles. The van der Waals surface area contributed by atoms with Crippen LogP contribution in [0.15, 0.2) is 24.7 Å². The number of ether oxygens (including phenoxy) is 1. The van der Waals surface area contributed by atoms with Gasteiger partial charge in [0.15, 0.2) is 0 Å². The number of rotatable bonds is 3. The minimum Gasteiger partial charge on any atom is -0.365 e. The van der Waals surface area contributed by atoms with Gasteiger partial charge in [-0.3, -0.25) is 4.79 Å². The Morgan fingerprint density at radius 1 is 1.14 bits per heavy atom. The van der Waals surface area contributed by atoms with Gasteiger partial charge >= 0.3 is 0 Å². The van der Waals surface area contributed by atoms with Crippen LogP contribution < -0.4 is 9.80 Å². The number of amides is 1. The van der Waals surface area contributed by atoms with E-state index in [9.17, 15) is 10.1 Å². The molecule has 3 saturated heterocycles. The number of pyridine rings is 1. The van der Waals surface area contributed by atoms with Crippen molar-refractivity contribution < 1.29 is 9.53 Å². The molecular formula is C27H31N7O2. The SMILES string of the molecule is C[C@@H]1CN(c2ncnc3c2C2(CCC2)CN3c2cc(C#N)ccn2)[C@@H](C)CN1C(=O)C12CC(CO1)C2. The molecule has 2 saturated carbocycles. The van der Waals surface area contributed by atoms with E-state index in [1.165, 1.54) is 12.0 Å². The van der Waals surface area contributed by atoms with Crippen molar-refractivity contribution in [3.8, 4) is 6.07 Å². The molecule has 0 radical (unpaired) electrons. The predicted molar refractivity (Wildman–Crippen MR) is 133 cm³/mol. The molecule has 0 N–H and O–H groups in total. The van der Waals surface area contributed by atoms with E-state index >= 15 is 0 Å². The van der Waals surface area contributed by atoms with Crippen LogP contribution in [0.5, 0.6) is 0 Å². The fourth-order valence-corrected chi connectivity index (χ4v) is 7.15. The zero-order valence-electron chi connectivity index (χ0n) is 20.9. The van der Waals surface area contributed by atoms with Gasteiger partial charge in [-0.05, 0) is 57.6 Å². The van der Waals surface area contributed by atoms with Gasteiger partial charge in [0.1, 0.15) is 29.4 Å². The second kappa shape index (κ2) is 7.62. The minimum atomic E-state index is -0.557. The fourth-order valence-electron chi connectivity index (χ4n) is 7.15. The van der Waals surface area contributed by atoms with Gasteiger partial charge in [0, 0.05) is 48.9 Å². The van der Waals surface area contributed by atoms with Crippen molar-refractivity contribution in [3.05, 3.63) is 35.8 Å². The summed E-state index contributed by atoms with van der Waals surface area (Å²) in [6.07, 6.45) is 8.49. The summed E-state index contributed by atoms with van der Waals surface area (Å²) < 4.78 is 5.95. The first-order valence-electron chi connectivity index (χ1n) is 13.1. The van der Waals surface area contributed by atoms with Crippen molar-refractivity contribution in [1.29, 1.82) is 5.26 Å². The number of carbonyl (C=O) groups excluding carboxylic acids is 1. The van der Waals surface area contributed by atoms with E-state index in [0.29, 0.717) is 18.0 Å². The van der Waals surface area contributed by atoms with Gasteiger partial charge in [0.05, 0.1) is 18.2 Å². The van der Waals surface area contributed by atoms with Crippen molar-refractivity contribution in [2.75, 3.05) is 36.0 Å². The molecule has 36 heavy (non-hydrogen) atoms. The average Bonchev–Trinajstić information content (AvgIpc) is 3.56. The summed E-state index contributed by atoms with van der Waals surface area (Å²) in [5.41, 5.74) is 1.25. The third-order valence-corrected chi connectivity index (χ3v) is 9.26. The minimum absolute atomic E-state index is 0.00373. The number of aromatic nitrogens is 3. The fraction of sp³-hybridized carbons (Fsp3) is 0.593. The normalized spacial score (nSPS) is 31.6. The first kappa shape index (κ1) is 22.0. The molecule has 2 atom stereocenters. The highest BCUT2D eigenvalue weighted by atomic mass is 16.5. The second-order valence-corrected chi connectivity index (χ2v) is 11.5. The lowest BCUT2D eigenvalue weighted by atomic mass is 9.66. The van der Waals surface area contributed by atoms with Crippen LogP contribution in [-0.4, -0.2) is 69.7 Å². The van der Waals surface area contributed by atoms with Crippen LogP contribution in [0.25, 0.3) is 0 Å². The van der Waals surface area contributed by atoms with Crippen molar-refractivity contribution in [2.24, 2.45) is 5.92 Å². The van der Waals surface area contributed by atoms with E-state index in [1.54, 1.807) is 18.6 Å². The molecular weight excluding hydrogens is 454 g/mol. The Morgan fingerprint density at radius 3 is 2.64 bits per heavy atom. The highest BCUT2D eigenvalue weighted by Crippen LogP contribution is 2.56. The van der Waals surface area contributed by atoms with E-state index in [1.807, 2.05) is 11.0 Å². The smallest absolute Gasteiger partial charge is 0.255 e. The maximum atomic E-state index is 13.5. The summed E-state index contributed by atoms with van der Waals surface area (Å²) in [7, 11) is 0. The molecule has 2 aromatic heterocycles. The quantitative estimate of drug-likeness (QED) is 0.655. The molecule has 9 nitrogen and oxygen atoms in total. The maximum absolute atomic E-state index is 13.5. The van der Waals surface area contributed by atoms with Crippen LogP contribution in [0.2, 0.25) is 0 Å². The predicted octanol–water partition coefficient (Wildman–Crippen LogP) is 2.92. The highest BCUT2D eigenvalue weighted by Gasteiger charge is 2.59. The molecule has 2 bridgehead atoms. The largest absolute Gasteiger partial charge is 0.365 e. The molecule has 2 aliphatic carbocycles. The Morgan fingerprint density at radius 2 is 1.94 bits per heavy atom. The third-order valence-electron chi connectivity index (χ3n) is 9.26. The molecule has 5 fully saturated rings. The highest BCUT2D eigenvalue weighted by molar-refractivity contribution is 5.87.